The number of aryl methyl sites for hydroxylation is 1. The van der Waals surface area contributed by atoms with E-state index in [4.69, 9.17) is 0 Å². The van der Waals surface area contributed by atoms with E-state index >= 15 is 0 Å². The predicted octanol–water partition coefficient (Wildman–Crippen LogP) is 5.70. The third kappa shape index (κ3) is 2.85. The number of thiazole rings is 1. The highest BCUT2D eigenvalue weighted by Crippen LogP contribution is 2.48. The van der Waals surface area contributed by atoms with Gasteiger partial charge in [0, 0.05) is 18.7 Å². The Kier molecular flexibility index (Phi) is 4.66. The summed E-state index contributed by atoms with van der Waals surface area (Å²) in [5, 5.41) is 2.51. The normalized spacial score (nSPS) is 15.5. The molecule has 3 heterocycles. The average molecular weight is 424 g/mol. The molecule has 2 aromatic carbocycles. The van der Waals surface area contributed by atoms with Crippen LogP contribution in [0.25, 0.3) is 27.3 Å². The highest BCUT2D eigenvalue weighted by Gasteiger charge is 2.26. The molecule has 0 spiro atoms. The van der Waals surface area contributed by atoms with E-state index in [1.54, 1.807) is 11.8 Å². The van der Waals surface area contributed by atoms with Crippen LogP contribution in [-0.4, -0.2) is 15.3 Å². The van der Waals surface area contributed by atoms with Gasteiger partial charge in [0.25, 0.3) is 5.01 Å². The van der Waals surface area contributed by atoms with Gasteiger partial charge in [-0.2, -0.15) is 13.3 Å². The molecule has 1 aliphatic heterocycles. The minimum atomic E-state index is 0.931. The largest absolute Gasteiger partial charge is 0.335 e. The molecule has 1 aliphatic rings. The van der Waals surface area contributed by atoms with Gasteiger partial charge >= 0.3 is 0 Å². The van der Waals surface area contributed by atoms with E-state index < -0.39 is 0 Å². The predicted molar refractivity (Wildman–Crippen MR) is 121 cm³/mol. The minimum Gasteiger partial charge on any atom is -0.335 e. The van der Waals surface area contributed by atoms with Crippen molar-refractivity contribution in [2.45, 2.75) is 25.3 Å². The summed E-state index contributed by atoms with van der Waals surface area (Å²) in [6, 6.07) is 12.8. The molecule has 140 valence electrons. The Hall–Kier alpha value is -2.22. The van der Waals surface area contributed by atoms with E-state index in [-0.39, 0.29) is 0 Å². The van der Waals surface area contributed by atoms with Crippen molar-refractivity contribution in [3.05, 3.63) is 58.6 Å². The molecule has 28 heavy (non-hydrogen) atoms. The summed E-state index contributed by atoms with van der Waals surface area (Å²) < 4.78 is 12.6. The summed E-state index contributed by atoms with van der Waals surface area (Å²) in [7, 11) is 0. The van der Waals surface area contributed by atoms with Crippen molar-refractivity contribution in [1.29, 1.82) is 0 Å². The van der Waals surface area contributed by atoms with Crippen LogP contribution in [0.5, 0.6) is 0 Å². The number of aromatic nitrogens is 3. The molecule has 4 aromatic rings. The second-order valence-corrected chi connectivity index (χ2v) is 9.03. The van der Waals surface area contributed by atoms with Crippen LogP contribution in [-0.2, 0) is 6.54 Å². The number of para-hydroxylation sites is 1. The Balaban J connectivity index is 1.50. The quantitative estimate of drug-likeness (QED) is 0.394. The molecule has 0 radical (unpaired) electrons. The maximum Gasteiger partial charge on any atom is 0.262 e. The minimum absolute atomic E-state index is 0.931. The first-order valence-electron chi connectivity index (χ1n) is 9.30. The first-order valence-corrected chi connectivity index (χ1v) is 11.7. The Labute approximate surface area is 176 Å². The van der Waals surface area contributed by atoms with E-state index in [2.05, 4.69) is 86.7 Å². The monoisotopic (exact) mass is 423 g/mol. The Morgan fingerprint density at radius 3 is 2.86 bits per heavy atom. The van der Waals surface area contributed by atoms with Crippen LogP contribution >= 0.6 is 34.8 Å². The molecule has 0 unspecified atom stereocenters. The molecule has 0 saturated heterocycles. The molecule has 0 aliphatic carbocycles. The highest BCUT2D eigenvalue weighted by molar-refractivity contribution is 8.04. The van der Waals surface area contributed by atoms with Crippen LogP contribution < -0.4 is 9.47 Å². The SMILES string of the molecule is CCN1C(=CC=Cc2sc3ccccc3[n+]2CC)Sc2c1ccc1nsnc21. The zero-order valence-corrected chi connectivity index (χ0v) is 18.1. The molecule has 0 atom stereocenters. The fourth-order valence-corrected chi connectivity index (χ4v) is 6.54. The molecule has 5 rings (SSSR count). The molecule has 0 N–H and O–H groups in total. The Morgan fingerprint density at radius 1 is 1.11 bits per heavy atom. The van der Waals surface area contributed by atoms with Gasteiger partial charge in [0.1, 0.15) is 22.3 Å². The van der Waals surface area contributed by atoms with Gasteiger partial charge in [-0.1, -0.05) is 41.3 Å². The molecule has 7 heteroatoms. The molecule has 0 saturated carbocycles. The summed E-state index contributed by atoms with van der Waals surface area (Å²) in [5.41, 5.74) is 4.54. The van der Waals surface area contributed by atoms with Gasteiger partial charge in [-0.3, -0.25) is 0 Å². The van der Waals surface area contributed by atoms with Crippen molar-refractivity contribution in [3.8, 4) is 0 Å². The smallest absolute Gasteiger partial charge is 0.262 e. The van der Waals surface area contributed by atoms with Gasteiger partial charge in [0.05, 0.1) is 27.3 Å². The van der Waals surface area contributed by atoms with Gasteiger partial charge in [0.2, 0.25) is 5.52 Å². The molecule has 0 fully saturated rings. The second-order valence-electron chi connectivity index (χ2n) is 6.41. The third-order valence-electron chi connectivity index (χ3n) is 4.87. The van der Waals surface area contributed by atoms with Crippen molar-refractivity contribution < 1.29 is 4.57 Å². The van der Waals surface area contributed by atoms with E-state index in [9.17, 15) is 0 Å². The molecular formula is C21H19N4S3+. The lowest BCUT2D eigenvalue weighted by atomic mass is 10.2. The van der Waals surface area contributed by atoms with Gasteiger partial charge in [-0.25, -0.2) is 0 Å². The van der Waals surface area contributed by atoms with Crippen LogP contribution in [0, 0.1) is 0 Å². The van der Waals surface area contributed by atoms with Crippen molar-refractivity contribution in [2.24, 2.45) is 0 Å². The fourth-order valence-electron chi connectivity index (χ4n) is 3.57. The lowest BCUT2D eigenvalue weighted by Gasteiger charge is -2.17. The molecule has 2 aromatic heterocycles. The van der Waals surface area contributed by atoms with E-state index in [0.29, 0.717) is 0 Å². The number of hydrogen-bond donors (Lipinski definition) is 0. The maximum absolute atomic E-state index is 4.50. The van der Waals surface area contributed by atoms with Gasteiger partial charge in [-0.05, 0) is 38.1 Å². The Bertz CT molecular complexity index is 1240. The summed E-state index contributed by atoms with van der Waals surface area (Å²) in [5.74, 6) is 0. The number of benzene rings is 2. The number of rotatable bonds is 4. The number of nitrogens with zero attached hydrogens (tertiary/aromatic N) is 4. The third-order valence-corrected chi connectivity index (χ3v) is 7.72. The van der Waals surface area contributed by atoms with Crippen LogP contribution in [0.3, 0.4) is 0 Å². The van der Waals surface area contributed by atoms with Gasteiger partial charge in [0.15, 0.2) is 0 Å². The van der Waals surface area contributed by atoms with E-state index in [1.165, 1.54) is 42.6 Å². The topological polar surface area (TPSA) is 32.9 Å². The summed E-state index contributed by atoms with van der Waals surface area (Å²) in [6.07, 6.45) is 6.60. The van der Waals surface area contributed by atoms with E-state index in [0.717, 1.165) is 24.1 Å². The lowest BCUT2D eigenvalue weighted by Crippen LogP contribution is -2.33. The maximum atomic E-state index is 4.50. The zero-order valence-electron chi connectivity index (χ0n) is 15.6. The number of anilines is 1. The summed E-state index contributed by atoms with van der Waals surface area (Å²) in [6.45, 7) is 6.29. The van der Waals surface area contributed by atoms with Crippen molar-refractivity contribution >= 4 is 67.8 Å². The lowest BCUT2D eigenvalue weighted by molar-refractivity contribution is -0.665. The molecule has 4 nitrogen and oxygen atoms in total. The fraction of sp³-hybridized carbons (Fsp3) is 0.190. The number of thioether (sulfide) groups is 1. The molecular weight excluding hydrogens is 404 g/mol. The number of fused-ring (bicyclic) bond motifs is 4. The van der Waals surface area contributed by atoms with Crippen LogP contribution in [0.2, 0.25) is 0 Å². The summed E-state index contributed by atoms with van der Waals surface area (Å²) >= 11 is 4.91. The van der Waals surface area contributed by atoms with Crippen molar-refractivity contribution in [1.82, 2.24) is 8.75 Å². The van der Waals surface area contributed by atoms with Crippen LogP contribution in [0.4, 0.5) is 5.69 Å². The Morgan fingerprint density at radius 2 is 2.00 bits per heavy atom. The van der Waals surface area contributed by atoms with Crippen LogP contribution in [0.15, 0.2) is 58.5 Å². The number of allylic oxidation sites excluding steroid dienone is 2. The second kappa shape index (κ2) is 7.31. The average Bonchev–Trinajstić information content (AvgIpc) is 3.41. The molecule has 0 amide bonds. The van der Waals surface area contributed by atoms with Crippen molar-refractivity contribution in [3.63, 3.8) is 0 Å². The van der Waals surface area contributed by atoms with Crippen molar-refractivity contribution in [2.75, 3.05) is 11.4 Å². The van der Waals surface area contributed by atoms with Crippen LogP contribution in [0.1, 0.15) is 18.9 Å². The van der Waals surface area contributed by atoms with Gasteiger partial charge < -0.3 is 4.90 Å². The first kappa shape index (κ1) is 17.8. The molecule has 0 bridgehead atoms. The highest BCUT2D eigenvalue weighted by atomic mass is 32.2. The number of hydrogen-bond acceptors (Lipinski definition) is 6. The standard InChI is InChI=1S/C21H19N4S3/c1-3-24-15-8-5-6-9-17(15)26-18(24)10-7-11-19-25(4-2)16-13-12-14-20(21(16)27-19)23-28-22-14/h5-13H,3-4H2,1-2H3/q+1. The zero-order chi connectivity index (χ0) is 19.1. The van der Waals surface area contributed by atoms with E-state index in [1.807, 2.05) is 11.3 Å². The first-order chi connectivity index (χ1) is 13.8. The summed E-state index contributed by atoms with van der Waals surface area (Å²) in [4.78, 5) is 3.57. The van der Waals surface area contributed by atoms with Gasteiger partial charge in [-0.15, -0.1) is 0 Å².